The fraction of sp³-hybridized carbons (Fsp3) is 0.429. The first-order valence-electron chi connectivity index (χ1n) is 2.96. The van der Waals surface area contributed by atoms with E-state index in [0.717, 1.165) is 0 Å². The molecular formula is C7H9NO3. The van der Waals surface area contributed by atoms with Gasteiger partial charge in [0.2, 0.25) is 0 Å². The largest absolute Gasteiger partial charge is 0.467 e. The molecule has 1 N–H and O–H groups in total. The van der Waals surface area contributed by atoms with Gasteiger partial charge in [-0.1, -0.05) is 0 Å². The lowest BCUT2D eigenvalue weighted by Gasteiger charge is -2.07. The minimum Gasteiger partial charge on any atom is -0.467 e. The summed E-state index contributed by atoms with van der Waals surface area (Å²) in [4.78, 5) is 21.1. The molecule has 1 amide bonds. The highest BCUT2D eigenvalue weighted by atomic mass is 16.5. The second kappa shape index (κ2) is 4.34. The molecule has 0 aliphatic heterocycles. The Hall–Kier alpha value is -1.50. The number of hydrogen-bond acceptors (Lipinski definition) is 3. The summed E-state index contributed by atoms with van der Waals surface area (Å²) >= 11 is 0. The van der Waals surface area contributed by atoms with Gasteiger partial charge in [0.25, 0.3) is 5.91 Å². The smallest absolute Gasteiger partial charge is 0.328 e. The Bertz CT molecular complexity index is 204. The van der Waals surface area contributed by atoms with Crippen LogP contribution in [0.1, 0.15) is 6.92 Å². The van der Waals surface area contributed by atoms with Crippen LogP contribution in [0, 0.1) is 12.3 Å². The number of hydrogen-bond donors (Lipinski definition) is 1. The van der Waals surface area contributed by atoms with E-state index >= 15 is 0 Å². The van der Waals surface area contributed by atoms with Gasteiger partial charge in [-0.2, -0.15) is 0 Å². The maximum absolute atomic E-state index is 10.7. The number of esters is 1. The van der Waals surface area contributed by atoms with Crippen molar-refractivity contribution in [2.45, 2.75) is 13.0 Å². The third-order valence-electron chi connectivity index (χ3n) is 1.03. The lowest BCUT2D eigenvalue weighted by Crippen LogP contribution is -2.38. The molecule has 0 spiro atoms. The third kappa shape index (κ3) is 3.26. The van der Waals surface area contributed by atoms with Gasteiger partial charge < -0.3 is 10.1 Å². The van der Waals surface area contributed by atoms with Gasteiger partial charge in [-0.05, 0) is 12.8 Å². The molecule has 0 saturated carbocycles. The number of methoxy groups -OCH3 is 1. The van der Waals surface area contributed by atoms with Crippen LogP contribution in [0.4, 0.5) is 0 Å². The first kappa shape index (κ1) is 9.50. The molecule has 0 rings (SSSR count). The number of ether oxygens (including phenoxy) is 1. The van der Waals surface area contributed by atoms with Gasteiger partial charge in [0.15, 0.2) is 0 Å². The van der Waals surface area contributed by atoms with E-state index in [4.69, 9.17) is 6.42 Å². The second-order valence-corrected chi connectivity index (χ2v) is 1.86. The minimum atomic E-state index is -0.691. The zero-order valence-corrected chi connectivity index (χ0v) is 6.38. The lowest BCUT2D eigenvalue weighted by molar-refractivity contribution is -0.143. The van der Waals surface area contributed by atoms with E-state index in [1.54, 1.807) is 0 Å². The fourth-order valence-corrected chi connectivity index (χ4v) is 0.474. The first-order valence-corrected chi connectivity index (χ1v) is 2.96. The number of carbonyl (C=O) groups excluding carboxylic acids is 2. The van der Waals surface area contributed by atoms with Crippen molar-refractivity contribution in [3.8, 4) is 12.3 Å². The summed E-state index contributed by atoms with van der Waals surface area (Å²) in [7, 11) is 1.24. The van der Waals surface area contributed by atoms with Crippen LogP contribution in [-0.2, 0) is 14.3 Å². The number of terminal acetylenes is 1. The molecule has 0 bridgehead atoms. The molecule has 0 aliphatic rings. The molecule has 0 aromatic carbocycles. The van der Waals surface area contributed by atoms with Gasteiger partial charge in [0.05, 0.1) is 7.11 Å². The molecule has 0 heterocycles. The Balaban J connectivity index is 3.89. The van der Waals surface area contributed by atoms with E-state index in [-0.39, 0.29) is 0 Å². The van der Waals surface area contributed by atoms with Crippen molar-refractivity contribution < 1.29 is 14.3 Å². The lowest BCUT2D eigenvalue weighted by atomic mass is 10.3. The third-order valence-corrected chi connectivity index (χ3v) is 1.03. The van der Waals surface area contributed by atoms with Crippen molar-refractivity contribution in [1.82, 2.24) is 5.32 Å². The molecule has 0 aromatic rings. The summed E-state index contributed by atoms with van der Waals surface area (Å²) < 4.78 is 4.34. The van der Waals surface area contributed by atoms with E-state index in [9.17, 15) is 9.59 Å². The predicted octanol–water partition coefficient (Wildman–Crippen LogP) is -0.703. The van der Waals surface area contributed by atoms with Crippen LogP contribution >= 0.6 is 0 Å². The average molecular weight is 155 g/mol. The molecule has 0 saturated heterocycles. The Morgan fingerprint density at radius 3 is 2.55 bits per heavy atom. The van der Waals surface area contributed by atoms with E-state index in [1.165, 1.54) is 14.0 Å². The molecule has 0 aliphatic carbocycles. The van der Waals surface area contributed by atoms with Gasteiger partial charge in [-0.15, -0.1) is 6.42 Å². The van der Waals surface area contributed by atoms with Crippen molar-refractivity contribution in [2.75, 3.05) is 7.11 Å². The summed E-state index contributed by atoms with van der Waals surface area (Å²) in [5.74, 6) is 0.675. The molecule has 60 valence electrons. The normalized spacial score (nSPS) is 11.0. The Kier molecular flexibility index (Phi) is 3.75. The zero-order chi connectivity index (χ0) is 8.85. The standard InChI is InChI=1S/C7H9NO3/c1-4-6(9)8-5(2)7(10)11-3/h1,5H,2-3H3,(H,8,9). The maximum atomic E-state index is 10.7. The number of carbonyl (C=O) groups is 2. The Morgan fingerprint density at radius 2 is 2.18 bits per heavy atom. The summed E-state index contributed by atoms with van der Waals surface area (Å²) in [6.07, 6.45) is 4.75. The van der Waals surface area contributed by atoms with Gasteiger partial charge >= 0.3 is 5.97 Å². The summed E-state index contributed by atoms with van der Waals surface area (Å²) in [6, 6.07) is -0.691. The topological polar surface area (TPSA) is 55.4 Å². The van der Waals surface area contributed by atoms with Gasteiger partial charge in [-0.3, -0.25) is 4.79 Å². The Morgan fingerprint density at radius 1 is 1.64 bits per heavy atom. The average Bonchev–Trinajstić information content (AvgIpc) is 2.02. The van der Waals surface area contributed by atoms with Gasteiger partial charge in [0.1, 0.15) is 6.04 Å². The van der Waals surface area contributed by atoms with Crippen molar-refractivity contribution in [3.63, 3.8) is 0 Å². The molecule has 11 heavy (non-hydrogen) atoms. The molecule has 4 heteroatoms. The van der Waals surface area contributed by atoms with E-state index < -0.39 is 17.9 Å². The highest BCUT2D eigenvalue weighted by Gasteiger charge is 2.13. The maximum Gasteiger partial charge on any atom is 0.328 e. The molecule has 4 nitrogen and oxygen atoms in total. The second-order valence-electron chi connectivity index (χ2n) is 1.86. The van der Waals surface area contributed by atoms with Crippen molar-refractivity contribution in [3.05, 3.63) is 0 Å². The zero-order valence-electron chi connectivity index (χ0n) is 6.38. The van der Waals surface area contributed by atoms with Crippen LogP contribution in [-0.4, -0.2) is 25.0 Å². The molecule has 1 atom stereocenters. The van der Waals surface area contributed by atoms with Crippen molar-refractivity contribution in [2.24, 2.45) is 0 Å². The van der Waals surface area contributed by atoms with Crippen LogP contribution in [0.15, 0.2) is 0 Å². The monoisotopic (exact) mass is 155 g/mol. The SMILES string of the molecule is C#CC(=O)NC(C)C(=O)OC. The predicted molar refractivity (Wildman–Crippen MR) is 38.5 cm³/mol. The van der Waals surface area contributed by atoms with Crippen LogP contribution in [0.5, 0.6) is 0 Å². The van der Waals surface area contributed by atoms with Crippen LogP contribution < -0.4 is 5.32 Å². The van der Waals surface area contributed by atoms with E-state index in [2.05, 4.69) is 10.1 Å². The Labute approximate surface area is 64.9 Å². The molecule has 1 unspecified atom stereocenters. The fourth-order valence-electron chi connectivity index (χ4n) is 0.474. The van der Waals surface area contributed by atoms with E-state index in [1.807, 2.05) is 5.92 Å². The number of nitrogens with one attached hydrogen (secondary N) is 1. The number of rotatable bonds is 2. The summed E-state index contributed by atoms with van der Waals surface area (Å²) in [5.41, 5.74) is 0. The first-order chi connectivity index (χ1) is 5.11. The van der Waals surface area contributed by atoms with Gasteiger partial charge in [0, 0.05) is 0 Å². The molecule has 0 radical (unpaired) electrons. The molecule has 0 aromatic heterocycles. The van der Waals surface area contributed by atoms with Crippen LogP contribution in [0.25, 0.3) is 0 Å². The summed E-state index contributed by atoms with van der Waals surface area (Å²) in [6.45, 7) is 1.49. The van der Waals surface area contributed by atoms with E-state index in [0.29, 0.717) is 0 Å². The highest BCUT2D eigenvalue weighted by molar-refractivity contribution is 5.95. The van der Waals surface area contributed by atoms with Gasteiger partial charge in [-0.25, -0.2) is 4.79 Å². The van der Waals surface area contributed by atoms with Crippen LogP contribution in [0.2, 0.25) is 0 Å². The van der Waals surface area contributed by atoms with Crippen molar-refractivity contribution in [1.29, 1.82) is 0 Å². The summed E-state index contributed by atoms with van der Waals surface area (Å²) in [5, 5.41) is 2.23. The van der Waals surface area contributed by atoms with Crippen LogP contribution in [0.3, 0.4) is 0 Å². The quantitative estimate of drug-likeness (QED) is 0.423. The minimum absolute atomic E-state index is 0.520. The highest BCUT2D eigenvalue weighted by Crippen LogP contribution is 1.84. The number of amides is 1. The molecular weight excluding hydrogens is 146 g/mol. The van der Waals surface area contributed by atoms with Crippen molar-refractivity contribution >= 4 is 11.9 Å². The molecule has 0 fully saturated rings.